The van der Waals surface area contributed by atoms with Gasteiger partial charge in [0.05, 0.1) is 6.54 Å². The van der Waals surface area contributed by atoms with Crippen LogP contribution in [0.3, 0.4) is 0 Å². The van der Waals surface area contributed by atoms with E-state index in [1.54, 1.807) is 0 Å². The Morgan fingerprint density at radius 2 is 2.17 bits per heavy atom. The third-order valence-electron chi connectivity index (χ3n) is 4.23. The third-order valence-corrected chi connectivity index (χ3v) is 4.23. The quantitative estimate of drug-likeness (QED) is 0.762. The Morgan fingerprint density at radius 3 is 2.91 bits per heavy atom. The SMILES string of the molecule is CCCN(Cc1cccnc1)Cc1ccc(C2CCCCO2)o1. The van der Waals surface area contributed by atoms with Crippen LogP contribution in [0.25, 0.3) is 0 Å². The van der Waals surface area contributed by atoms with Crippen LogP contribution in [0.4, 0.5) is 0 Å². The molecule has 0 radical (unpaired) electrons. The lowest BCUT2D eigenvalue weighted by atomic mass is 10.1. The van der Waals surface area contributed by atoms with Gasteiger partial charge in [0.25, 0.3) is 0 Å². The van der Waals surface area contributed by atoms with E-state index < -0.39 is 0 Å². The summed E-state index contributed by atoms with van der Waals surface area (Å²) in [5, 5.41) is 0. The molecule has 1 aliphatic heterocycles. The zero-order chi connectivity index (χ0) is 15.9. The predicted molar refractivity (Wildman–Crippen MR) is 89.9 cm³/mol. The van der Waals surface area contributed by atoms with Gasteiger partial charge in [0.15, 0.2) is 0 Å². The van der Waals surface area contributed by atoms with Crippen molar-refractivity contribution in [2.75, 3.05) is 13.2 Å². The molecule has 1 aliphatic rings. The van der Waals surface area contributed by atoms with E-state index in [0.29, 0.717) is 0 Å². The number of rotatable bonds is 7. The summed E-state index contributed by atoms with van der Waals surface area (Å²) in [6.07, 6.45) is 8.49. The number of aromatic nitrogens is 1. The minimum atomic E-state index is 0.149. The summed E-state index contributed by atoms with van der Waals surface area (Å²) in [4.78, 5) is 6.61. The fourth-order valence-corrected chi connectivity index (χ4v) is 3.12. The summed E-state index contributed by atoms with van der Waals surface area (Å²) in [5.74, 6) is 2.00. The van der Waals surface area contributed by atoms with Crippen molar-refractivity contribution in [3.05, 3.63) is 53.7 Å². The van der Waals surface area contributed by atoms with Gasteiger partial charge in [-0.05, 0) is 56.0 Å². The maximum Gasteiger partial charge on any atom is 0.133 e. The maximum absolute atomic E-state index is 6.06. The molecule has 1 fully saturated rings. The van der Waals surface area contributed by atoms with Crippen LogP contribution in [0.15, 0.2) is 41.1 Å². The smallest absolute Gasteiger partial charge is 0.133 e. The highest BCUT2D eigenvalue weighted by Crippen LogP contribution is 2.29. The minimum Gasteiger partial charge on any atom is -0.462 e. The Morgan fingerprint density at radius 1 is 1.22 bits per heavy atom. The molecule has 2 aromatic rings. The zero-order valence-corrected chi connectivity index (χ0v) is 13.9. The molecule has 23 heavy (non-hydrogen) atoms. The van der Waals surface area contributed by atoms with Crippen LogP contribution in [-0.2, 0) is 17.8 Å². The molecule has 1 atom stereocenters. The summed E-state index contributed by atoms with van der Waals surface area (Å²) in [7, 11) is 0. The van der Waals surface area contributed by atoms with E-state index in [1.807, 2.05) is 18.5 Å². The Labute approximate surface area is 138 Å². The first-order valence-electron chi connectivity index (χ1n) is 8.66. The lowest BCUT2D eigenvalue weighted by molar-refractivity contribution is 0.000818. The average Bonchev–Trinajstić information content (AvgIpc) is 3.05. The van der Waals surface area contributed by atoms with E-state index in [2.05, 4.69) is 35.0 Å². The van der Waals surface area contributed by atoms with Crippen LogP contribution >= 0.6 is 0 Å². The molecule has 4 heteroatoms. The van der Waals surface area contributed by atoms with Crippen LogP contribution in [0, 0.1) is 0 Å². The van der Waals surface area contributed by atoms with Crippen molar-refractivity contribution in [3.8, 4) is 0 Å². The van der Waals surface area contributed by atoms with Crippen LogP contribution in [0.2, 0.25) is 0 Å². The second kappa shape index (κ2) is 8.27. The predicted octanol–water partition coefficient (Wildman–Crippen LogP) is 4.33. The van der Waals surface area contributed by atoms with E-state index in [0.717, 1.165) is 50.6 Å². The van der Waals surface area contributed by atoms with Gasteiger partial charge in [0.1, 0.15) is 17.6 Å². The molecule has 3 heterocycles. The Balaban J connectivity index is 1.62. The Bertz CT molecular complexity index is 576. The van der Waals surface area contributed by atoms with E-state index in [9.17, 15) is 0 Å². The highest BCUT2D eigenvalue weighted by atomic mass is 16.5. The van der Waals surface area contributed by atoms with Gasteiger partial charge in [0.2, 0.25) is 0 Å². The summed E-state index contributed by atoms with van der Waals surface area (Å²) in [6, 6.07) is 8.29. The lowest BCUT2D eigenvalue weighted by Crippen LogP contribution is -2.23. The summed E-state index contributed by atoms with van der Waals surface area (Å²) in [5.41, 5.74) is 1.24. The van der Waals surface area contributed by atoms with Gasteiger partial charge in [-0.15, -0.1) is 0 Å². The van der Waals surface area contributed by atoms with Crippen molar-refractivity contribution in [1.82, 2.24) is 9.88 Å². The van der Waals surface area contributed by atoms with Gasteiger partial charge in [-0.1, -0.05) is 13.0 Å². The zero-order valence-electron chi connectivity index (χ0n) is 13.9. The van der Waals surface area contributed by atoms with Crippen LogP contribution in [-0.4, -0.2) is 23.0 Å². The normalized spacial score (nSPS) is 18.4. The number of hydrogen-bond donors (Lipinski definition) is 0. The van der Waals surface area contributed by atoms with Gasteiger partial charge in [-0.3, -0.25) is 9.88 Å². The molecular formula is C19H26N2O2. The topological polar surface area (TPSA) is 38.5 Å². The van der Waals surface area contributed by atoms with Gasteiger partial charge in [-0.25, -0.2) is 0 Å². The lowest BCUT2D eigenvalue weighted by Gasteiger charge is -2.21. The van der Waals surface area contributed by atoms with Crippen molar-refractivity contribution < 1.29 is 9.15 Å². The molecule has 0 aliphatic carbocycles. The molecule has 0 aromatic carbocycles. The summed E-state index contributed by atoms with van der Waals surface area (Å²) < 4.78 is 11.9. The highest BCUT2D eigenvalue weighted by Gasteiger charge is 2.20. The largest absolute Gasteiger partial charge is 0.462 e. The molecule has 2 aromatic heterocycles. The molecule has 0 N–H and O–H groups in total. The first kappa shape index (κ1) is 16.2. The summed E-state index contributed by atoms with van der Waals surface area (Å²) in [6.45, 7) is 5.83. The van der Waals surface area contributed by atoms with Crippen molar-refractivity contribution in [2.45, 2.75) is 51.8 Å². The minimum absolute atomic E-state index is 0.149. The molecule has 0 saturated carbocycles. The van der Waals surface area contributed by atoms with E-state index in [1.165, 1.54) is 18.4 Å². The molecule has 4 nitrogen and oxygen atoms in total. The average molecular weight is 314 g/mol. The van der Waals surface area contributed by atoms with Crippen molar-refractivity contribution in [1.29, 1.82) is 0 Å². The Hall–Kier alpha value is -1.65. The van der Waals surface area contributed by atoms with E-state index >= 15 is 0 Å². The van der Waals surface area contributed by atoms with Crippen LogP contribution < -0.4 is 0 Å². The summed E-state index contributed by atoms with van der Waals surface area (Å²) >= 11 is 0. The van der Waals surface area contributed by atoms with Gasteiger partial charge in [-0.2, -0.15) is 0 Å². The number of nitrogens with zero attached hydrogens (tertiary/aromatic N) is 2. The molecule has 1 saturated heterocycles. The maximum atomic E-state index is 6.06. The molecule has 124 valence electrons. The fourth-order valence-electron chi connectivity index (χ4n) is 3.12. The molecule has 0 spiro atoms. The van der Waals surface area contributed by atoms with Gasteiger partial charge in [0, 0.05) is 25.5 Å². The third kappa shape index (κ3) is 4.66. The van der Waals surface area contributed by atoms with Crippen molar-refractivity contribution in [2.24, 2.45) is 0 Å². The van der Waals surface area contributed by atoms with Crippen LogP contribution in [0.1, 0.15) is 55.8 Å². The number of furan rings is 1. The number of hydrogen-bond acceptors (Lipinski definition) is 4. The van der Waals surface area contributed by atoms with Gasteiger partial charge < -0.3 is 9.15 Å². The standard InChI is InChI=1S/C19H26N2O2/c1-2-11-21(14-16-6-5-10-20-13-16)15-17-8-9-19(23-17)18-7-3-4-12-22-18/h5-6,8-10,13,18H,2-4,7,11-12,14-15H2,1H3. The van der Waals surface area contributed by atoms with E-state index in [4.69, 9.17) is 9.15 Å². The van der Waals surface area contributed by atoms with Crippen molar-refractivity contribution in [3.63, 3.8) is 0 Å². The second-order valence-corrected chi connectivity index (χ2v) is 6.23. The monoisotopic (exact) mass is 314 g/mol. The highest BCUT2D eigenvalue weighted by molar-refractivity contribution is 5.11. The van der Waals surface area contributed by atoms with Crippen molar-refractivity contribution >= 4 is 0 Å². The van der Waals surface area contributed by atoms with E-state index in [-0.39, 0.29) is 6.10 Å². The Kier molecular flexibility index (Phi) is 5.83. The number of ether oxygens (including phenoxy) is 1. The molecular weight excluding hydrogens is 288 g/mol. The fraction of sp³-hybridized carbons (Fsp3) is 0.526. The molecule has 1 unspecified atom stereocenters. The van der Waals surface area contributed by atoms with Crippen LogP contribution in [0.5, 0.6) is 0 Å². The molecule has 3 rings (SSSR count). The first-order chi connectivity index (χ1) is 11.3. The second-order valence-electron chi connectivity index (χ2n) is 6.23. The molecule has 0 bridgehead atoms. The number of pyridine rings is 1. The first-order valence-corrected chi connectivity index (χ1v) is 8.66. The van der Waals surface area contributed by atoms with Gasteiger partial charge >= 0.3 is 0 Å². The molecule has 0 amide bonds.